The molecular formula is C16H21F3N2O. The molecule has 1 aromatic rings. The van der Waals surface area contributed by atoms with Crippen LogP contribution in [-0.2, 0) is 11.0 Å². The van der Waals surface area contributed by atoms with Gasteiger partial charge in [-0.2, -0.15) is 13.2 Å². The molecule has 1 amide bonds. The second kappa shape index (κ2) is 6.69. The number of amides is 1. The van der Waals surface area contributed by atoms with Crippen molar-refractivity contribution >= 4 is 5.91 Å². The highest BCUT2D eigenvalue weighted by Crippen LogP contribution is 2.36. The van der Waals surface area contributed by atoms with Crippen LogP contribution in [0, 0.1) is 0 Å². The second-order valence-corrected chi connectivity index (χ2v) is 5.81. The van der Waals surface area contributed by atoms with E-state index in [-0.39, 0.29) is 23.9 Å². The molecule has 3 nitrogen and oxygen atoms in total. The molecule has 1 heterocycles. The summed E-state index contributed by atoms with van der Waals surface area (Å²) in [5, 5.41) is 0. The highest BCUT2D eigenvalue weighted by Gasteiger charge is 2.35. The number of hydrogen-bond donors (Lipinski definition) is 1. The summed E-state index contributed by atoms with van der Waals surface area (Å²) < 4.78 is 39.2. The van der Waals surface area contributed by atoms with Crippen LogP contribution in [-0.4, -0.2) is 29.9 Å². The maximum Gasteiger partial charge on any atom is 0.416 e. The van der Waals surface area contributed by atoms with Crippen molar-refractivity contribution in [2.24, 2.45) is 5.73 Å². The highest BCUT2D eigenvalue weighted by molar-refractivity contribution is 5.77. The molecule has 0 bridgehead atoms. The minimum Gasteiger partial charge on any atom is -0.338 e. The van der Waals surface area contributed by atoms with Gasteiger partial charge in [-0.3, -0.25) is 4.79 Å². The first-order chi connectivity index (χ1) is 10.3. The summed E-state index contributed by atoms with van der Waals surface area (Å²) >= 11 is 0. The molecule has 0 unspecified atom stereocenters. The maximum absolute atomic E-state index is 13.1. The first-order valence-electron chi connectivity index (χ1n) is 7.50. The van der Waals surface area contributed by atoms with Gasteiger partial charge in [-0.25, -0.2) is 0 Å². The number of likely N-dealkylation sites (tertiary alicyclic amines) is 1. The van der Waals surface area contributed by atoms with E-state index in [0.29, 0.717) is 13.1 Å². The number of alkyl halides is 3. The van der Waals surface area contributed by atoms with Crippen LogP contribution >= 0.6 is 0 Å². The van der Waals surface area contributed by atoms with Crippen LogP contribution in [0.2, 0.25) is 0 Å². The average molecular weight is 314 g/mol. The number of halogens is 3. The molecule has 1 aromatic carbocycles. The fourth-order valence-electron chi connectivity index (χ4n) is 3.08. The third kappa shape index (κ3) is 3.61. The molecular weight excluding hydrogens is 293 g/mol. The first kappa shape index (κ1) is 16.8. The van der Waals surface area contributed by atoms with E-state index in [4.69, 9.17) is 5.73 Å². The van der Waals surface area contributed by atoms with Crippen molar-refractivity contribution in [2.45, 2.75) is 44.3 Å². The molecule has 1 fully saturated rings. The topological polar surface area (TPSA) is 46.3 Å². The fraction of sp³-hybridized carbons (Fsp3) is 0.562. The standard InChI is InChI=1S/C16H21F3N2O/c1-11(9-15(22)21-8-4-5-12(21)10-20)13-6-2-3-7-14(13)16(17,18)19/h2-3,6-7,11-12H,4-5,8-10,20H2,1H3/t11-,12+/m0/s1. The van der Waals surface area contributed by atoms with E-state index >= 15 is 0 Å². The number of carbonyl (C=O) groups is 1. The third-order valence-electron chi connectivity index (χ3n) is 4.25. The van der Waals surface area contributed by atoms with Crippen molar-refractivity contribution in [3.05, 3.63) is 35.4 Å². The molecule has 1 saturated heterocycles. The van der Waals surface area contributed by atoms with E-state index in [1.54, 1.807) is 17.9 Å². The zero-order chi connectivity index (χ0) is 16.3. The van der Waals surface area contributed by atoms with Gasteiger partial charge in [0.1, 0.15) is 0 Å². The molecule has 2 N–H and O–H groups in total. The van der Waals surface area contributed by atoms with Crippen molar-refractivity contribution < 1.29 is 18.0 Å². The summed E-state index contributed by atoms with van der Waals surface area (Å²) in [7, 11) is 0. The van der Waals surface area contributed by atoms with Gasteiger partial charge in [0.05, 0.1) is 5.56 Å². The minimum absolute atomic E-state index is 0.0255. The van der Waals surface area contributed by atoms with E-state index in [0.717, 1.165) is 18.9 Å². The largest absolute Gasteiger partial charge is 0.416 e. The zero-order valence-electron chi connectivity index (χ0n) is 12.6. The van der Waals surface area contributed by atoms with Crippen molar-refractivity contribution in [1.82, 2.24) is 4.90 Å². The number of nitrogens with two attached hydrogens (primary N) is 1. The van der Waals surface area contributed by atoms with Crippen LogP contribution < -0.4 is 5.73 Å². The zero-order valence-corrected chi connectivity index (χ0v) is 12.6. The molecule has 0 radical (unpaired) electrons. The Morgan fingerprint density at radius 1 is 1.41 bits per heavy atom. The van der Waals surface area contributed by atoms with Crippen LogP contribution in [0.4, 0.5) is 13.2 Å². The van der Waals surface area contributed by atoms with E-state index in [1.807, 2.05) is 0 Å². The van der Waals surface area contributed by atoms with Gasteiger partial charge in [-0.05, 0) is 30.4 Å². The van der Waals surface area contributed by atoms with E-state index in [2.05, 4.69) is 0 Å². The Morgan fingerprint density at radius 3 is 2.73 bits per heavy atom. The molecule has 122 valence electrons. The summed E-state index contributed by atoms with van der Waals surface area (Å²) in [6.07, 6.45) is -2.55. The molecule has 2 atom stereocenters. The predicted molar refractivity (Wildman–Crippen MR) is 78.3 cm³/mol. The molecule has 1 aliphatic heterocycles. The molecule has 0 aliphatic carbocycles. The van der Waals surface area contributed by atoms with Crippen LogP contribution in [0.5, 0.6) is 0 Å². The van der Waals surface area contributed by atoms with Gasteiger partial charge in [0.25, 0.3) is 0 Å². The summed E-state index contributed by atoms with van der Waals surface area (Å²) in [6.45, 7) is 2.71. The van der Waals surface area contributed by atoms with Crippen molar-refractivity contribution in [1.29, 1.82) is 0 Å². The second-order valence-electron chi connectivity index (χ2n) is 5.81. The lowest BCUT2D eigenvalue weighted by atomic mass is 9.92. The molecule has 2 rings (SSSR count). The van der Waals surface area contributed by atoms with E-state index in [1.165, 1.54) is 12.1 Å². The molecule has 0 saturated carbocycles. The molecule has 6 heteroatoms. The van der Waals surface area contributed by atoms with Gasteiger partial charge in [-0.15, -0.1) is 0 Å². The van der Waals surface area contributed by atoms with E-state index < -0.39 is 17.7 Å². The minimum atomic E-state index is -4.40. The van der Waals surface area contributed by atoms with Crippen molar-refractivity contribution in [2.75, 3.05) is 13.1 Å². The van der Waals surface area contributed by atoms with Crippen molar-refractivity contribution in [3.63, 3.8) is 0 Å². The lowest BCUT2D eigenvalue weighted by molar-refractivity contribution is -0.139. The predicted octanol–water partition coefficient (Wildman–Crippen LogP) is 3.15. The van der Waals surface area contributed by atoms with Gasteiger partial charge in [0, 0.05) is 25.6 Å². The van der Waals surface area contributed by atoms with Crippen LogP contribution in [0.15, 0.2) is 24.3 Å². The normalized spacial score (nSPS) is 20.2. The number of rotatable bonds is 4. The van der Waals surface area contributed by atoms with E-state index in [9.17, 15) is 18.0 Å². The van der Waals surface area contributed by atoms with Gasteiger partial charge < -0.3 is 10.6 Å². The molecule has 22 heavy (non-hydrogen) atoms. The Bertz CT molecular complexity index is 530. The smallest absolute Gasteiger partial charge is 0.338 e. The third-order valence-corrected chi connectivity index (χ3v) is 4.25. The lowest BCUT2D eigenvalue weighted by Crippen LogP contribution is -2.40. The fourth-order valence-corrected chi connectivity index (χ4v) is 3.08. The van der Waals surface area contributed by atoms with Crippen molar-refractivity contribution in [3.8, 4) is 0 Å². The highest BCUT2D eigenvalue weighted by atomic mass is 19.4. The lowest BCUT2D eigenvalue weighted by Gasteiger charge is -2.26. The summed E-state index contributed by atoms with van der Waals surface area (Å²) in [5.41, 5.74) is 5.16. The molecule has 0 spiro atoms. The molecule has 1 aliphatic rings. The Labute approximate surface area is 128 Å². The Balaban J connectivity index is 2.13. The van der Waals surface area contributed by atoms with Gasteiger partial charge in [0.2, 0.25) is 5.91 Å². The quantitative estimate of drug-likeness (QED) is 0.928. The van der Waals surface area contributed by atoms with Gasteiger partial charge >= 0.3 is 6.18 Å². The number of benzene rings is 1. The summed E-state index contributed by atoms with van der Waals surface area (Å²) in [5.74, 6) is -0.596. The average Bonchev–Trinajstić information content (AvgIpc) is 2.94. The SMILES string of the molecule is C[C@@H](CC(=O)N1CCC[C@@H]1CN)c1ccccc1C(F)(F)F. The van der Waals surface area contributed by atoms with Crippen LogP contribution in [0.1, 0.15) is 43.2 Å². The Kier molecular flexibility index (Phi) is 5.11. The number of carbonyl (C=O) groups excluding carboxylic acids is 1. The Hall–Kier alpha value is -1.56. The summed E-state index contributed by atoms with van der Waals surface area (Å²) in [6, 6.07) is 5.48. The Morgan fingerprint density at radius 2 is 2.09 bits per heavy atom. The monoisotopic (exact) mass is 314 g/mol. The number of nitrogens with zero attached hydrogens (tertiary/aromatic N) is 1. The van der Waals surface area contributed by atoms with Gasteiger partial charge in [-0.1, -0.05) is 25.1 Å². The first-order valence-corrected chi connectivity index (χ1v) is 7.50. The van der Waals surface area contributed by atoms with Crippen LogP contribution in [0.3, 0.4) is 0 Å². The summed E-state index contributed by atoms with van der Waals surface area (Å²) in [4.78, 5) is 14.1. The maximum atomic E-state index is 13.1. The van der Waals surface area contributed by atoms with Crippen LogP contribution in [0.25, 0.3) is 0 Å². The van der Waals surface area contributed by atoms with Gasteiger partial charge in [0.15, 0.2) is 0 Å². The molecule has 0 aromatic heterocycles. The number of hydrogen-bond acceptors (Lipinski definition) is 2.